The van der Waals surface area contributed by atoms with E-state index in [1.54, 1.807) is 23.0 Å². The summed E-state index contributed by atoms with van der Waals surface area (Å²) in [6.07, 6.45) is 3.66. The van der Waals surface area contributed by atoms with Gasteiger partial charge < -0.3 is 10.2 Å². The number of carbonyl (C=O) groups excluding carboxylic acids is 1. The first-order valence-electron chi connectivity index (χ1n) is 10.1. The molecule has 0 unspecified atom stereocenters. The average molecular weight is 440 g/mol. The number of anilines is 1. The van der Waals surface area contributed by atoms with Crippen LogP contribution < -0.4 is 5.32 Å². The molecule has 9 heteroatoms. The predicted octanol–water partition coefficient (Wildman–Crippen LogP) is 1.99. The number of likely N-dealkylation sites (N-methyl/N-ethyl adjacent to an activating group) is 1. The third-order valence-corrected chi connectivity index (χ3v) is 7.17. The number of hydrogen-bond acceptors (Lipinski definition) is 5. The lowest BCUT2D eigenvalue weighted by atomic mass is 10.2. The first kappa shape index (κ1) is 21.2. The number of rotatable bonds is 6. The Morgan fingerprint density at radius 2 is 1.68 bits per heavy atom. The second-order valence-electron chi connectivity index (χ2n) is 7.59. The summed E-state index contributed by atoms with van der Waals surface area (Å²) in [7, 11) is -1.54. The third-order valence-electron chi connectivity index (χ3n) is 5.26. The zero-order valence-corrected chi connectivity index (χ0v) is 18.1. The van der Waals surface area contributed by atoms with Crippen LogP contribution in [-0.2, 0) is 21.2 Å². The molecule has 0 bridgehead atoms. The van der Waals surface area contributed by atoms with Crippen LogP contribution in [0.4, 0.5) is 5.69 Å². The van der Waals surface area contributed by atoms with Crippen molar-refractivity contribution in [3.8, 4) is 5.69 Å². The minimum atomic E-state index is -3.52. The van der Waals surface area contributed by atoms with Gasteiger partial charge in [-0.15, -0.1) is 0 Å². The van der Waals surface area contributed by atoms with Crippen molar-refractivity contribution in [2.75, 3.05) is 38.5 Å². The summed E-state index contributed by atoms with van der Waals surface area (Å²) in [6.45, 7) is 2.39. The number of benzene rings is 2. The summed E-state index contributed by atoms with van der Waals surface area (Å²) in [4.78, 5) is 14.7. The highest BCUT2D eigenvalue weighted by molar-refractivity contribution is 7.89. The maximum atomic E-state index is 12.8. The molecule has 4 rings (SSSR count). The van der Waals surface area contributed by atoms with Crippen molar-refractivity contribution in [2.24, 2.45) is 0 Å². The lowest BCUT2D eigenvalue weighted by molar-refractivity contribution is -0.115. The summed E-state index contributed by atoms with van der Waals surface area (Å²) in [5, 5.41) is 7.11. The molecule has 1 aliphatic heterocycles. The van der Waals surface area contributed by atoms with Gasteiger partial charge in [0.05, 0.1) is 23.2 Å². The molecule has 0 atom stereocenters. The Kier molecular flexibility index (Phi) is 6.17. The van der Waals surface area contributed by atoms with Crippen molar-refractivity contribution in [2.45, 2.75) is 11.3 Å². The van der Waals surface area contributed by atoms with Crippen molar-refractivity contribution < 1.29 is 13.2 Å². The number of piperazine rings is 1. The molecule has 31 heavy (non-hydrogen) atoms. The number of para-hydroxylation sites is 1. The number of nitrogens with zero attached hydrogens (tertiary/aromatic N) is 4. The molecule has 8 nitrogen and oxygen atoms in total. The average Bonchev–Trinajstić information content (AvgIpc) is 3.23. The third kappa shape index (κ3) is 5.01. The van der Waals surface area contributed by atoms with E-state index in [2.05, 4.69) is 15.3 Å². The Bertz CT molecular complexity index is 1140. The van der Waals surface area contributed by atoms with Crippen LogP contribution in [0.2, 0.25) is 0 Å². The summed E-state index contributed by atoms with van der Waals surface area (Å²) in [6, 6.07) is 16.0. The Hall–Kier alpha value is -3.01. The lowest BCUT2D eigenvalue weighted by Gasteiger charge is -2.31. The molecule has 3 aromatic rings. The Balaban J connectivity index is 1.37. The van der Waals surface area contributed by atoms with Gasteiger partial charge in [0.1, 0.15) is 0 Å². The van der Waals surface area contributed by atoms with Gasteiger partial charge in [-0.05, 0) is 49.0 Å². The monoisotopic (exact) mass is 439 g/mol. The van der Waals surface area contributed by atoms with Crippen LogP contribution in [0.1, 0.15) is 5.56 Å². The highest BCUT2D eigenvalue weighted by atomic mass is 32.2. The molecule has 0 spiro atoms. The van der Waals surface area contributed by atoms with E-state index in [9.17, 15) is 13.2 Å². The van der Waals surface area contributed by atoms with Gasteiger partial charge in [0.2, 0.25) is 15.9 Å². The molecule has 0 radical (unpaired) electrons. The molecule has 162 valence electrons. The Morgan fingerprint density at radius 3 is 2.35 bits per heavy atom. The van der Waals surface area contributed by atoms with Gasteiger partial charge in [0.15, 0.2) is 0 Å². The molecule has 0 saturated carbocycles. The fraction of sp³-hybridized carbons (Fsp3) is 0.273. The predicted molar refractivity (Wildman–Crippen MR) is 119 cm³/mol. The van der Waals surface area contributed by atoms with Gasteiger partial charge >= 0.3 is 0 Å². The van der Waals surface area contributed by atoms with E-state index in [0.717, 1.165) is 11.3 Å². The van der Waals surface area contributed by atoms with Crippen molar-refractivity contribution in [1.29, 1.82) is 0 Å². The molecule has 1 amide bonds. The van der Waals surface area contributed by atoms with Crippen LogP contribution in [0.5, 0.6) is 0 Å². The van der Waals surface area contributed by atoms with Gasteiger partial charge in [0, 0.05) is 38.1 Å². The molecule has 1 aromatic heterocycles. The number of hydrogen-bond donors (Lipinski definition) is 1. The smallest absolute Gasteiger partial charge is 0.243 e. The molecule has 2 heterocycles. The lowest BCUT2D eigenvalue weighted by Crippen LogP contribution is -2.46. The highest BCUT2D eigenvalue weighted by Crippen LogP contribution is 2.20. The second-order valence-corrected chi connectivity index (χ2v) is 9.52. The van der Waals surface area contributed by atoms with Crippen LogP contribution in [0.25, 0.3) is 5.69 Å². The standard InChI is InChI=1S/C22H25N5O3S/c1-25-11-13-26(14-12-25)31(29,30)21-9-7-19(8-10-21)24-22(28)15-18-16-23-27(17-18)20-5-3-2-4-6-20/h2-10,16-17H,11-15H2,1H3,(H,24,28). The maximum Gasteiger partial charge on any atom is 0.243 e. The fourth-order valence-electron chi connectivity index (χ4n) is 3.45. The Morgan fingerprint density at radius 1 is 1.00 bits per heavy atom. The van der Waals surface area contributed by atoms with Crippen molar-refractivity contribution >= 4 is 21.6 Å². The van der Waals surface area contributed by atoms with Gasteiger partial charge in [-0.2, -0.15) is 9.40 Å². The Labute approximate surface area is 182 Å². The van der Waals surface area contributed by atoms with Gasteiger partial charge in [0.25, 0.3) is 0 Å². The molecular weight excluding hydrogens is 414 g/mol. The SMILES string of the molecule is CN1CCN(S(=O)(=O)c2ccc(NC(=O)Cc3cnn(-c4ccccc4)c3)cc2)CC1. The number of sulfonamides is 1. The quantitative estimate of drug-likeness (QED) is 0.635. The largest absolute Gasteiger partial charge is 0.326 e. The second kappa shape index (κ2) is 9.01. The summed E-state index contributed by atoms with van der Waals surface area (Å²) in [5.41, 5.74) is 2.26. The van der Waals surface area contributed by atoms with Gasteiger partial charge in [-0.1, -0.05) is 18.2 Å². The van der Waals surface area contributed by atoms with Crippen LogP contribution in [0.3, 0.4) is 0 Å². The van der Waals surface area contributed by atoms with Crippen LogP contribution in [0, 0.1) is 0 Å². The zero-order chi connectivity index (χ0) is 21.8. The molecule has 1 aliphatic rings. The number of aromatic nitrogens is 2. The van der Waals surface area contributed by atoms with E-state index in [1.807, 2.05) is 43.6 Å². The first-order valence-corrected chi connectivity index (χ1v) is 11.5. The molecule has 1 saturated heterocycles. The molecule has 1 fully saturated rings. The fourth-order valence-corrected chi connectivity index (χ4v) is 4.87. The summed E-state index contributed by atoms with van der Waals surface area (Å²) >= 11 is 0. The summed E-state index contributed by atoms with van der Waals surface area (Å²) < 4.78 is 28.8. The molecule has 2 aromatic carbocycles. The van der Waals surface area contributed by atoms with Gasteiger partial charge in [-0.3, -0.25) is 4.79 Å². The molecule has 1 N–H and O–H groups in total. The van der Waals surface area contributed by atoms with Gasteiger partial charge in [-0.25, -0.2) is 13.1 Å². The van der Waals surface area contributed by atoms with Crippen molar-refractivity contribution in [3.63, 3.8) is 0 Å². The molecular formula is C22H25N5O3S. The number of carbonyl (C=O) groups is 1. The topological polar surface area (TPSA) is 87.5 Å². The summed E-state index contributed by atoms with van der Waals surface area (Å²) in [5.74, 6) is -0.192. The van der Waals surface area contributed by atoms with Crippen LogP contribution in [0.15, 0.2) is 71.9 Å². The van der Waals surface area contributed by atoms with E-state index >= 15 is 0 Å². The normalized spacial score (nSPS) is 15.6. The van der Waals surface area contributed by atoms with E-state index in [4.69, 9.17) is 0 Å². The van der Waals surface area contributed by atoms with E-state index in [-0.39, 0.29) is 17.2 Å². The minimum Gasteiger partial charge on any atom is -0.326 e. The maximum absolute atomic E-state index is 12.8. The van der Waals surface area contributed by atoms with Crippen molar-refractivity contribution in [3.05, 3.63) is 72.6 Å². The highest BCUT2D eigenvalue weighted by Gasteiger charge is 2.27. The number of amides is 1. The van der Waals surface area contributed by atoms with Crippen LogP contribution >= 0.6 is 0 Å². The first-order chi connectivity index (χ1) is 14.9. The van der Waals surface area contributed by atoms with E-state index < -0.39 is 10.0 Å². The number of nitrogens with one attached hydrogen (secondary N) is 1. The van der Waals surface area contributed by atoms with Crippen molar-refractivity contribution in [1.82, 2.24) is 19.0 Å². The molecule has 0 aliphatic carbocycles. The zero-order valence-electron chi connectivity index (χ0n) is 17.3. The van der Waals surface area contributed by atoms with Crippen LogP contribution in [-0.4, -0.2) is 66.5 Å². The minimum absolute atomic E-state index is 0.175. The van der Waals surface area contributed by atoms with E-state index in [0.29, 0.717) is 31.9 Å². The van der Waals surface area contributed by atoms with E-state index in [1.165, 1.54) is 16.4 Å².